The summed E-state index contributed by atoms with van der Waals surface area (Å²) in [4.78, 5) is 22.9. The lowest BCUT2D eigenvalue weighted by atomic mass is 10.1. The molecule has 8 nitrogen and oxygen atoms in total. The Morgan fingerprint density at radius 3 is 2.37 bits per heavy atom. The SMILES string of the molecule is CCN(CC)S(=O)(=O)c1cccc(NC(=O)c2ccc([N+](=O)[O-])c(C)c2)c1. The molecule has 0 fully saturated rings. The molecule has 0 saturated heterocycles. The van der Waals surface area contributed by atoms with Gasteiger partial charge in [-0.25, -0.2) is 8.42 Å². The first-order chi connectivity index (χ1) is 12.7. The van der Waals surface area contributed by atoms with Crippen molar-refractivity contribution >= 4 is 27.3 Å². The van der Waals surface area contributed by atoms with Crippen LogP contribution < -0.4 is 5.32 Å². The summed E-state index contributed by atoms with van der Waals surface area (Å²) in [5, 5.41) is 13.5. The average molecular weight is 391 g/mol. The molecule has 0 aliphatic rings. The Balaban J connectivity index is 2.27. The summed E-state index contributed by atoms with van der Waals surface area (Å²) in [5.74, 6) is -0.481. The summed E-state index contributed by atoms with van der Waals surface area (Å²) in [6.07, 6.45) is 0. The van der Waals surface area contributed by atoms with Crippen molar-refractivity contribution in [3.63, 3.8) is 0 Å². The van der Waals surface area contributed by atoms with Crippen LogP contribution in [-0.2, 0) is 10.0 Å². The van der Waals surface area contributed by atoms with Crippen molar-refractivity contribution in [2.45, 2.75) is 25.7 Å². The van der Waals surface area contributed by atoms with E-state index in [9.17, 15) is 23.3 Å². The maximum Gasteiger partial charge on any atom is 0.272 e. The van der Waals surface area contributed by atoms with Crippen molar-refractivity contribution in [3.8, 4) is 0 Å². The zero-order valence-electron chi connectivity index (χ0n) is 15.3. The number of aryl methyl sites for hydroxylation is 1. The van der Waals surface area contributed by atoms with Crippen molar-refractivity contribution in [2.75, 3.05) is 18.4 Å². The Hall–Kier alpha value is -2.78. The summed E-state index contributed by atoms with van der Waals surface area (Å²) >= 11 is 0. The van der Waals surface area contributed by atoms with E-state index in [0.29, 0.717) is 24.3 Å². The molecule has 9 heteroatoms. The molecule has 1 amide bonds. The molecule has 0 aliphatic carbocycles. The topological polar surface area (TPSA) is 110 Å². The second-order valence-corrected chi connectivity index (χ2v) is 7.77. The molecule has 27 heavy (non-hydrogen) atoms. The highest BCUT2D eigenvalue weighted by molar-refractivity contribution is 7.89. The molecule has 0 aliphatic heterocycles. The minimum absolute atomic E-state index is 0.0705. The van der Waals surface area contributed by atoms with Crippen LogP contribution in [0.3, 0.4) is 0 Å². The van der Waals surface area contributed by atoms with Gasteiger partial charge in [0.15, 0.2) is 0 Å². The number of nitro groups is 1. The second-order valence-electron chi connectivity index (χ2n) is 5.83. The van der Waals surface area contributed by atoms with Crippen molar-refractivity contribution in [1.29, 1.82) is 0 Å². The quantitative estimate of drug-likeness (QED) is 0.576. The van der Waals surface area contributed by atoms with Crippen LogP contribution in [0.15, 0.2) is 47.4 Å². The summed E-state index contributed by atoms with van der Waals surface area (Å²) in [5.41, 5.74) is 0.865. The first kappa shape index (κ1) is 20.5. The molecular weight excluding hydrogens is 370 g/mol. The number of amides is 1. The molecule has 2 aromatic rings. The number of carbonyl (C=O) groups is 1. The minimum Gasteiger partial charge on any atom is -0.322 e. The smallest absolute Gasteiger partial charge is 0.272 e. The van der Waals surface area contributed by atoms with E-state index in [2.05, 4.69) is 5.32 Å². The zero-order chi connectivity index (χ0) is 20.2. The predicted molar refractivity (Wildman–Crippen MR) is 102 cm³/mol. The Kier molecular flexibility index (Phi) is 6.29. The summed E-state index contributed by atoms with van der Waals surface area (Å²) in [7, 11) is -3.64. The highest BCUT2D eigenvalue weighted by Gasteiger charge is 2.22. The normalized spacial score (nSPS) is 11.4. The number of nitro benzene ring substituents is 1. The van der Waals surface area contributed by atoms with Crippen molar-refractivity contribution in [3.05, 3.63) is 63.7 Å². The molecule has 2 aromatic carbocycles. The Morgan fingerprint density at radius 1 is 1.15 bits per heavy atom. The molecular formula is C18H21N3O5S. The fraction of sp³-hybridized carbons (Fsp3) is 0.278. The zero-order valence-corrected chi connectivity index (χ0v) is 16.1. The standard InChI is InChI=1S/C18H21N3O5S/c1-4-20(5-2)27(25,26)16-8-6-7-15(12-16)19-18(22)14-9-10-17(21(23)24)13(3)11-14/h6-12H,4-5H2,1-3H3,(H,19,22). The van der Waals surface area contributed by atoms with Gasteiger partial charge in [0.1, 0.15) is 0 Å². The molecule has 0 unspecified atom stereocenters. The van der Waals surface area contributed by atoms with Crippen molar-refractivity contribution in [1.82, 2.24) is 4.31 Å². The van der Waals surface area contributed by atoms with Gasteiger partial charge in [-0.05, 0) is 37.3 Å². The van der Waals surface area contributed by atoms with Crippen LogP contribution in [-0.4, -0.2) is 36.6 Å². The van der Waals surface area contributed by atoms with Crippen molar-refractivity contribution < 1.29 is 18.1 Å². The van der Waals surface area contributed by atoms with Gasteiger partial charge in [0, 0.05) is 36.0 Å². The third-order valence-corrected chi connectivity index (χ3v) is 6.14. The van der Waals surface area contributed by atoms with E-state index < -0.39 is 20.9 Å². The number of carbonyl (C=O) groups excluding carboxylic acids is 1. The van der Waals surface area contributed by atoms with Gasteiger partial charge in [0.25, 0.3) is 11.6 Å². The number of hydrogen-bond donors (Lipinski definition) is 1. The van der Waals surface area contributed by atoms with Gasteiger partial charge in [0.2, 0.25) is 10.0 Å². The van der Waals surface area contributed by atoms with Crippen LogP contribution in [0.25, 0.3) is 0 Å². The maximum absolute atomic E-state index is 12.6. The van der Waals surface area contributed by atoms with E-state index in [1.807, 2.05) is 0 Å². The lowest BCUT2D eigenvalue weighted by Crippen LogP contribution is -2.30. The fourth-order valence-corrected chi connectivity index (χ4v) is 4.16. The van der Waals surface area contributed by atoms with Crippen LogP contribution in [0.4, 0.5) is 11.4 Å². The highest BCUT2D eigenvalue weighted by Crippen LogP contribution is 2.22. The number of benzene rings is 2. The van der Waals surface area contributed by atoms with E-state index in [4.69, 9.17) is 0 Å². The molecule has 0 spiro atoms. The molecule has 0 aromatic heterocycles. The highest BCUT2D eigenvalue weighted by atomic mass is 32.2. The summed E-state index contributed by atoms with van der Waals surface area (Å²) < 4.78 is 26.5. The maximum atomic E-state index is 12.6. The van der Waals surface area contributed by atoms with Gasteiger partial charge < -0.3 is 5.32 Å². The van der Waals surface area contributed by atoms with Gasteiger partial charge in [-0.3, -0.25) is 14.9 Å². The van der Waals surface area contributed by atoms with Crippen LogP contribution >= 0.6 is 0 Å². The lowest BCUT2D eigenvalue weighted by Gasteiger charge is -2.18. The molecule has 0 bridgehead atoms. The lowest BCUT2D eigenvalue weighted by molar-refractivity contribution is -0.385. The third kappa shape index (κ3) is 4.50. The van der Waals surface area contributed by atoms with E-state index >= 15 is 0 Å². The molecule has 0 heterocycles. The Morgan fingerprint density at radius 2 is 1.81 bits per heavy atom. The Labute approximate surface area is 158 Å². The van der Waals surface area contributed by atoms with Crippen LogP contribution in [0.2, 0.25) is 0 Å². The summed E-state index contributed by atoms with van der Waals surface area (Å²) in [6, 6.07) is 10.0. The number of hydrogen-bond acceptors (Lipinski definition) is 5. The molecule has 2 rings (SSSR count). The van der Waals surface area contributed by atoms with Gasteiger partial charge in [-0.2, -0.15) is 4.31 Å². The summed E-state index contributed by atoms with van der Waals surface area (Å²) in [6.45, 7) is 5.74. The number of nitrogens with one attached hydrogen (secondary N) is 1. The van der Waals surface area contributed by atoms with Crippen molar-refractivity contribution in [2.24, 2.45) is 0 Å². The minimum atomic E-state index is -3.64. The molecule has 1 N–H and O–H groups in total. The predicted octanol–water partition coefficient (Wildman–Crippen LogP) is 3.19. The average Bonchev–Trinajstić information content (AvgIpc) is 2.62. The fourth-order valence-electron chi connectivity index (χ4n) is 2.65. The van der Waals surface area contributed by atoms with E-state index in [0.717, 1.165) is 0 Å². The first-order valence-corrected chi connectivity index (χ1v) is 9.81. The van der Waals surface area contributed by atoms with Crippen LogP contribution in [0.1, 0.15) is 29.8 Å². The van der Waals surface area contributed by atoms with E-state index in [1.54, 1.807) is 32.9 Å². The first-order valence-electron chi connectivity index (χ1n) is 8.37. The molecule has 144 valence electrons. The molecule has 0 radical (unpaired) electrons. The van der Waals surface area contributed by atoms with Gasteiger partial charge in [0.05, 0.1) is 9.82 Å². The van der Waals surface area contributed by atoms with Gasteiger partial charge in [-0.1, -0.05) is 19.9 Å². The number of anilines is 1. The Bertz CT molecular complexity index is 969. The largest absolute Gasteiger partial charge is 0.322 e. The number of nitrogens with zero attached hydrogens (tertiary/aromatic N) is 2. The van der Waals surface area contributed by atoms with E-state index in [1.165, 1.54) is 34.6 Å². The van der Waals surface area contributed by atoms with Crippen LogP contribution in [0.5, 0.6) is 0 Å². The van der Waals surface area contributed by atoms with Crippen LogP contribution in [0, 0.1) is 17.0 Å². The molecule has 0 atom stereocenters. The monoisotopic (exact) mass is 391 g/mol. The van der Waals surface area contributed by atoms with E-state index in [-0.39, 0.29) is 16.1 Å². The third-order valence-electron chi connectivity index (χ3n) is 4.09. The second kappa shape index (κ2) is 8.28. The number of rotatable bonds is 7. The number of sulfonamides is 1. The molecule has 0 saturated carbocycles. The van der Waals surface area contributed by atoms with Gasteiger partial charge >= 0.3 is 0 Å². The van der Waals surface area contributed by atoms with Gasteiger partial charge in [-0.15, -0.1) is 0 Å².